The first-order valence-electron chi connectivity index (χ1n) is 6.90. The third kappa shape index (κ3) is 3.80. The largest absolute Gasteiger partial charge is 0.496 e. The average molecular weight is 314 g/mol. The summed E-state index contributed by atoms with van der Waals surface area (Å²) in [7, 11) is 1.47. The fourth-order valence-electron chi connectivity index (χ4n) is 2.55. The van der Waals surface area contributed by atoms with Crippen LogP contribution in [0.3, 0.4) is 0 Å². The summed E-state index contributed by atoms with van der Waals surface area (Å²) in [4.78, 5) is 12.3. The normalized spacial score (nSPS) is 25.4. The average Bonchev–Trinajstić information content (AvgIpc) is 2.40. The Balaban J connectivity index is 2.15. The van der Waals surface area contributed by atoms with Gasteiger partial charge in [0.15, 0.2) is 0 Å². The third-order valence-electron chi connectivity index (χ3n) is 3.47. The molecule has 2 N–H and O–H groups in total. The lowest BCUT2D eigenvalue weighted by molar-refractivity contribution is -0.0855. The molecule has 0 saturated carbocycles. The molecule has 1 aliphatic heterocycles. The summed E-state index contributed by atoms with van der Waals surface area (Å²) in [5, 5.41) is 0.302. The molecule has 1 fully saturated rings. The first-order valence-corrected chi connectivity index (χ1v) is 7.28. The van der Waals surface area contributed by atoms with Crippen LogP contribution in [0.4, 0.5) is 5.69 Å². The van der Waals surface area contributed by atoms with Crippen LogP contribution < -0.4 is 10.5 Å². The van der Waals surface area contributed by atoms with Gasteiger partial charge in [-0.1, -0.05) is 11.6 Å². The van der Waals surface area contributed by atoms with Crippen LogP contribution in [-0.2, 0) is 9.47 Å². The zero-order chi connectivity index (χ0) is 15.6. The molecule has 0 bridgehead atoms. The van der Waals surface area contributed by atoms with Gasteiger partial charge in [-0.15, -0.1) is 0 Å². The minimum Gasteiger partial charge on any atom is -0.496 e. The summed E-state index contributed by atoms with van der Waals surface area (Å²) in [6, 6.07) is 3.00. The van der Waals surface area contributed by atoms with Gasteiger partial charge in [0.2, 0.25) is 0 Å². The monoisotopic (exact) mass is 313 g/mol. The number of benzene rings is 1. The predicted octanol–water partition coefficient (Wildman–Crippen LogP) is 3.04. The van der Waals surface area contributed by atoms with E-state index in [2.05, 4.69) is 0 Å². The van der Waals surface area contributed by atoms with Gasteiger partial charge in [-0.25, -0.2) is 4.79 Å². The summed E-state index contributed by atoms with van der Waals surface area (Å²) in [6.07, 6.45) is 1.34. The highest BCUT2D eigenvalue weighted by molar-refractivity contribution is 6.33. The van der Waals surface area contributed by atoms with Crippen LogP contribution in [0.2, 0.25) is 5.02 Å². The van der Waals surface area contributed by atoms with E-state index >= 15 is 0 Å². The number of esters is 1. The first-order chi connectivity index (χ1) is 9.90. The van der Waals surface area contributed by atoms with E-state index in [4.69, 9.17) is 31.5 Å². The Morgan fingerprint density at radius 3 is 2.52 bits per heavy atom. The van der Waals surface area contributed by atoms with Crippen molar-refractivity contribution in [3.8, 4) is 5.75 Å². The molecule has 0 spiro atoms. The number of carbonyl (C=O) groups excluding carboxylic acids is 1. The van der Waals surface area contributed by atoms with Gasteiger partial charge in [0.1, 0.15) is 17.4 Å². The number of hydrogen-bond acceptors (Lipinski definition) is 5. The lowest BCUT2D eigenvalue weighted by Crippen LogP contribution is -2.35. The highest BCUT2D eigenvalue weighted by Gasteiger charge is 2.28. The van der Waals surface area contributed by atoms with Crippen LogP contribution >= 0.6 is 11.6 Å². The second kappa shape index (κ2) is 6.54. The van der Waals surface area contributed by atoms with E-state index in [0.717, 1.165) is 0 Å². The second-order valence-electron chi connectivity index (χ2n) is 5.33. The highest BCUT2D eigenvalue weighted by atomic mass is 35.5. The van der Waals surface area contributed by atoms with Crippen LogP contribution in [0.25, 0.3) is 0 Å². The Morgan fingerprint density at radius 2 is 1.95 bits per heavy atom. The number of ether oxygens (including phenoxy) is 3. The molecule has 1 heterocycles. The Labute approximate surface area is 129 Å². The minimum atomic E-state index is -0.458. The van der Waals surface area contributed by atoms with Crippen molar-refractivity contribution >= 4 is 23.3 Å². The number of rotatable bonds is 3. The zero-order valence-electron chi connectivity index (χ0n) is 12.4. The Hall–Kier alpha value is -1.46. The molecule has 1 saturated heterocycles. The van der Waals surface area contributed by atoms with Crippen molar-refractivity contribution in [1.82, 2.24) is 0 Å². The summed E-state index contributed by atoms with van der Waals surface area (Å²) in [6.45, 7) is 3.94. The molecule has 2 rings (SSSR count). The van der Waals surface area contributed by atoms with Gasteiger partial charge >= 0.3 is 5.97 Å². The summed E-state index contributed by atoms with van der Waals surface area (Å²) in [5.74, 6) is -0.102. The predicted molar refractivity (Wildman–Crippen MR) is 80.9 cm³/mol. The summed E-state index contributed by atoms with van der Waals surface area (Å²) >= 11 is 5.97. The topological polar surface area (TPSA) is 70.8 Å². The van der Waals surface area contributed by atoms with Gasteiger partial charge in [-0.05, 0) is 19.9 Å². The maximum atomic E-state index is 12.3. The fraction of sp³-hybridized carbons (Fsp3) is 0.533. The van der Waals surface area contributed by atoms with E-state index in [-0.39, 0.29) is 23.9 Å². The number of nitrogen functional groups attached to an aromatic ring is 1. The lowest BCUT2D eigenvalue weighted by atomic mass is 10.0. The number of hydrogen-bond donors (Lipinski definition) is 1. The number of halogens is 1. The Morgan fingerprint density at radius 1 is 1.33 bits per heavy atom. The summed E-state index contributed by atoms with van der Waals surface area (Å²) in [5.41, 5.74) is 6.35. The van der Waals surface area contributed by atoms with E-state index in [1.165, 1.54) is 19.2 Å². The molecule has 21 heavy (non-hydrogen) atoms. The van der Waals surface area contributed by atoms with Gasteiger partial charge in [-0.3, -0.25) is 0 Å². The number of methoxy groups -OCH3 is 1. The SMILES string of the molecule is COc1cc(N)c(Cl)cc1C(=O)OC1CC(C)OC(C)C1. The van der Waals surface area contributed by atoms with Gasteiger partial charge < -0.3 is 19.9 Å². The molecule has 116 valence electrons. The molecular formula is C15H20ClNO4. The molecule has 0 aliphatic carbocycles. The van der Waals surface area contributed by atoms with Crippen LogP contribution in [0.15, 0.2) is 12.1 Å². The highest BCUT2D eigenvalue weighted by Crippen LogP contribution is 2.30. The number of anilines is 1. The quantitative estimate of drug-likeness (QED) is 0.686. The van der Waals surface area contributed by atoms with Crippen molar-refractivity contribution in [1.29, 1.82) is 0 Å². The maximum Gasteiger partial charge on any atom is 0.342 e. The number of carbonyl (C=O) groups is 1. The molecular weight excluding hydrogens is 294 g/mol. The van der Waals surface area contributed by atoms with Gasteiger partial charge in [0.05, 0.1) is 30.0 Å². The standard InChI is InChI=1S/C15H20ClNO4/c1-8-4-10(5-9(2)20-8)21-15(18)11-6-12(16)13(17)7-14(11)19-3/h6-10H,4-5,17H2,1-3H3. The van der Waals surface area contributed by atoms with Crippen molar-refractivity contribution in [3.63, 3.8) is 0 Å². The molecule has 1 aliphatic rings. The zero-order valence-corrected chi connectivity index (χ0v) is 13.1. The van der Waals surface area contributed by atoms with E-state index in [9.17, 15) is 4.79 Å². The van der Waals surface area contributed by atoms with Crippen molar-refractivity contribution in [3.05, 3.63) is 22.7 Å². The lowest BCUT2D eigenvalue weighted by Gasteiger charge is -2.31. The van der Waals surface area contributed by atoms with Crippen molar-refractivity contribution in [2.24, 2.45) is 0 Å². The number of nitrogens with two attached hydrogens (primary N) is 1. The van der Waals surface area contributed by atoms with E-state index in [0.29, 0.717) is 29.3 Å². The smallest absolute Gasteiger partial charge is 0.342 e. The maximum absolute atomic E-state index is 12.3. The molecule has 0 aromatic heterocycles. The second-order valence-corrected chi connectivity index (χ2v) is 5.74. The summed E-state index contributed by atoms with van der Waals surface area (Å²) < 4.78 is 16.4. The first kappa shape index (κ1) is 15.9. The van der Waals surface area contributed by atoms with E-state index < -0.39 is 5.97 Å². The molecule has 0 amide bonds. The van der Waals surface area contributed by atoms with Crippen molar-refractivity contribution in [2.45, 2.75) is 45.0 Å². The molecule has 1 aromatic carbocycles. The Kier molecular flexibility index (Phi) is 4.96. The van der Waals surface area contributed by atoms with Crippen molar-refractivity contribution < 1.29 is 19.0 Å². The molecule has 5 nitrogen and oxygen atoms in total. The molecule has 2 atom stereocenters. The Bertz CT molecular complexity index is 525. The molecule has 0 radical (unpaired) electrons. The van der Waals surface area contributed by atoms with Gasteiger partial charge in [0.25, 0.3) is 0 Å². The van der Waals surface area contributed by atoms with Crippen molar-refractivity contribution in [2.75, 3.05) is 12.8 Å². The van der Waals surface area contributed by atoms with Crippen LogP contribution in [0.1, 0.15) is 37.0 Å². The van der Waals surface area contributed by atoms with Crippen LogP contribution in [0, 0.1) is 0 Å². The van der Waals surface area contributed by atoms with Crippen LogP contribution in [0.5, 0.6) is 5.75 Å². The molecule has 2 unspecified atom stereocenters. The van der Waals surface area contributed by atoms with E-state index in [1.54, 1.807) is 0 Å². The van der Waals surface area contributed by atoms with Gasteiger partial charge in [-0.2, -0.15) is 0 Å². The third-order valence-corrected chi connectivity index (χ3v) is 3.79. The van der Waals surface area contributed by atoms with Crippen LogP contribution in [-0.4, -0.2) is 31.4 Å². The minimum absolute atomic E-state index is 0.0726. The fourth-order valence-corrected chi connectivity index (χ4v) is 2.72. The van der Waals surface area contributed by atoms with Gasteiger partial charge in [0, 0.05) is 18.9 Å². The molecule has 1 aromatic rings. The van der Waals surface area contributed by atoms with E-state index in [1.807, 2.05) is 13.8 Å². The molecule has 6 heteroatoms.